The molecule has 0 atom stereocenters. The number of aromatic nitrogens is 4. The maximum atomic E-state index is 13.2. The second-order valence-electron chi connectivity index (χ2n) is 7.80. The minimum atomic E-state index is -4.53. The van der Waals surface area contributed by atoms with Crippen LogP contribution >= 0.6 is 0 Å². The van der Waals surface area contributed by atoms with Gasteiger partial charge in [-0.1, -0.05) is 6.07 Å². The highest BCUT2D eigenvalue weighted by Crippen LogP contribution is 2.30. The zero-order valence-corrected chi connectivity index (χ0v) is 17.0. The second kappa shape index (κ2) is 8.40. The lowest BCUT2D eigenvalue weighted by Gasteiger charge is -2.30. The predicted molar refractivity (Wildman–Crippen MR) is 105 cm³/mol. The lowest BCUT2D eigenvalue weighted by atomic mass is 9.91. The minimum absolute atomic E-state index is 0.0134. The van der Waals surface area contributed by atoms with Crippen LogP contribution in [0.25, 0.3) is 5.65 Å². The highest BCUT2D eigenvalue weighted by Gasteiger charge is 2.34. The zero-order chi connectivity index (χ0) is 23.0. The summed E-state index contributed by atoms with van der Waals surface area (Å²) in [4.78, 5) is 16.1. The van der Waals surface area contributed by atoms with E-state index in [0.717, 1.165) is 17.1 Å². The van der Waals surface area contributed by atoms with Crippen molar-refractivity contribution in [3.63, 3.8) is 0 Å². The highest BCUT2D eigenvalue weighted by molar-refractivity contribution is 5.95. The summed E-state index contributed by atoms with van der Waals surface area (Å²) in [6, 6.07) is 4.61. The number of halogens is 5. The number of rotatable bonds is 5. The van der Waals surface area contributed by atoms with Crippen LogP contribution in [0, 0.1) is 0 Å². The first-order valence-corrected chi connectivity index (χ1v) is 10.1. The number of aryl methyl sites for hydroxylation is 1. The largest absolute Gasteiger partial charge is 0.434 e. The number of hydrogen-bond acceptors (Lipinski definition) is 4. The van der Waals surface area contributed by atoms with Crippen molar-refractivity contribution >= 4 is 17.4 Å². The van der Waals surface area contributed by atoms with Crippen molar-refractivity contribution in [1.29, 1.82) is 0 Å². The molecular weight excluding hydrogens is 435 g/mol. The van der Waals surface area contributed by atoms with Gasteiger partial charge in [0.25, 0.3) is 12.3 Å². The Labute approximate surface area is 179 Å². The quantitative estimate of drug-likeness (QED) is 0.565. The molecule has 1 aliphatic carbocycles. The number of carbonyl (C=O) groups excluding carboxylic acids is 1. The van der Waals surface area contributed by atoms with E-state index in [1.54, 1.807) is 12.1 Å². The average molecular weight is 456 g/mol. The van der Waals surface area contributed by atoms with E-state index in [-0.39, 0.29) is 23.3 Å². The first kappa shape index (κ1) is 22.0. The van der Waals surface area contributed by atoms with Gasteiger partial charge in [0.05, 0.1) is 11.8 Å². The third kappa shape index (κ3) is 4.39. The molecule has 2 N–H and O–H groups in total. The van der Waals surface area contributed by atoms with Gasteiger partial charge in [0.15, 0.2) is 5.69 Å². The fourth-order valence-corrected chi connectivity index (χ4v) is 4.00. The van der Waals surface area contributed by atoms with Gasteiger partial charge < -0.3 is 10.6 Å². The van der Waals surface area contributed by atoms with Gasteiger partial charge in [0, 0.05) is 25.3 Å². The van der Waals surface area contributed by atoms with E-state index in [2.05, 4.69) is 20.7 Å². The SMILES string of the molecule is Cn1ncc(C(=O)NC2CCC(Nc3cccc4nc(C(F)(F)F)cn34)CC2)c1C(F)F. The molecule has 1 aliphatic rings. The van der Waals surface area contributed by atoms with Crippen molar-refractivity contribution in [3.8, 4) is 0 Å². The summed E-state index contributed by atoms with van der Waals surface area (Å²) >= 11 is 0. The van der Waals surface area contributed by atoms with Crippen molar-refractivity contribution in [2.75, 3.05) is 5.32 Å². The number of carbonyl (C=O) groups is 1. The fourth-order valence-electron chi connectivity index (χ4n) is 4.00. The standard InChI is InChI=1S/C20H21F5N6O/c1-30-17(18(21)22)13(9-26-30)19(32)28-12-7-5-11(6-8-12)27-15-3-2-4-16-29-14(10-31(15)16)20(23,24)25/h2-4,9-12,18,27H,5-8H2,1H3,(H,28,32). The normalized spacial score (nSPS) is 19.5. The summed E-state index contributed by atoms with van der Waals surface area (Å²) < 4.78 is 67.6. The summed E-state index contributed by atoms with van der Waals surface area (Å²) in [5, 5.41) is 9.78. The molecule has 0 aromatic carbocycles. The third-order valence-corrected chi connectivity index (χ3v) is 5.63. The Morgan fingerprint density at radius 3 is 2.50 bits per heavy atom. The molecule has 172 valence electrons. The number of anilines is 1. The first-order valence-electron chi connectivity index (χ1n) is 10.1. The second-order valence-corrected chi connectivity index (χ2v) is 7.80. The highest BCUT2D eigenvalue weighted by atomic mass is 19.4. The molecule has 0 saturated heterocycles. The molecule has 3 aromatic rings. The van der Waals surface area contributed by atoms with Gasteiger partial charge in [-0.15, -0.1) is 0 Å². The Hall–Kier alpha value is -3.18. The van der Waals surface area contributed by atoms with Crippen molar-refractivity contribution in [2.45, 2.75) is 50.4 Å². The number of imidazole rings is 1. The number of amides is 1. The summed E-state index contributed by atoms with van der Waals surface area (Å²) in [6.07, 6.45) is -2.76. The molecule has 32 heavy (non-hydrogen) atoms. The van der Waals surface area contributed by atoms with Crippen LogP contribution in [0.1, 0.15) is 53.9 Å². The third-order valence-electron chi connectivity index (χ3n) is 5.63. The lowest BCUT2D eigenvalue weighted by Crippen LogP contribution is -2.40. The van der Waals surface area contributed by atoms with E-state index in [1.165, 1.54) is 17.5 Å². The molecule has 12 heteroatoms. The lowest BCUT2D eigenvalue weighted by molar-refractivity contribution is -0.140. The molecule has 7 nitrogen and oxygen atoms in total. The van der Waals surface area contributed by atoms with E-state index in [4.69, 9.17) is 0 Å². The maximum Gasteiger partial charge on any atom is 0.434 e. The molecule has 4 rings (SSSR count). The number of hydrogen-bond donors (Lipinski definition) is 2. The van der Waals surface area contributed by atoms with Crippen LogP contribution in [0.5, 0.6) is 0 Å². The van der Waals surface area contributed by atoms with Crippen molar-refractivity contribution < 1.29 is 26.7 Å². The van der Waals surface area contributed by atoms with Crippen molar-refractivity contribution in [1.82, 2.24) is 24.5 Å². The van der Waals surface area contributed by atoms with Crippen LogP contribution in [0.2, 0.25) is 0 Å². The summed E-state index contributed by atoms with van der Waals surface area (Å²) in [5.41, 5.74) is -1.34. The maximum absolute atomic E-state index is 13.2. The Bertz CT molecular complexity index is 1110. The van der Waals surface area contributed by atoms with Crippen LogP contribution in [0.3, 0.4) is 0 Å². The predicted octanol–water partition coefficient (Wildman–Crippen LogP) is 4.18. The van der Waals surface area contributed by atoms with Crippen LogP contribution in [-0.4, -0.2) is 37.2 Å². The Balaban J connectivity index is 1.38. The Kier molecular flexibility index (Phi) is 5.78. The molecule has 0 bridgehead atoms. The van der Waals surface area contributed by atoms with Gasteiger partial charge in [-0.2, -0.15) is 18.3 Å². The Morgan fingerprint density at radius 1 is 1.16 bits per heavy atom. The van der Waals surface area contributed by atoms with Crippen LogP contribution in [0.15, 0.2) is 30.6 Å². The summed E-state index contributed by atoms with van der Waals surface area (Å²) in [7, 11) is 1.35. The summed E-state index contributed by atoms with van der Waals surface area (Å²) in [5.74, 6) is -0.0948. The van der Waals surface area contributed by atoms with E-state index in [0.29, 0.717) is 31.5 Å². The molecule has 1 fully saturated rings. The summed E-state index contributed by atoms with van der Waals surface area (Å²) in [6.45, 7) is 0. The number of fused-ring (bicyclic) bond motifs is 1. The zero-order valence-electron chi connectivity index (χ0n) is 17.0. The first-order chi connectivity index (χ1) is 15.1. The number of pyridine rings is 1. The monoisotopic (exact) mass is 456 g/mol. The molecule has 0 radical (unpaired) electrons. The molecular formula is C20H21F5N6O. The minimum Gasteiger partial charge on any atom is -0.368 e. The van der Waals surface area contributed by atoms with Gasteiger partial charge in [-0.05, 0) is 37.8 Å². The van der Waals surface area contributed by atoms with E-state index >= 15 is 0 Å². The van der Waals surface area contributed by atoms with E-state index in [9.17, 15) is 26.7 Å². The van der Waals surface area contributed by atoms with E-state index in [1.807, 2.05) is 0 Å². The van der Waals surface area contributed by atoms with Gasteiger partial charge in [0.2, 0.25) is 0 Å². The van der Waals surface area contributed by atoms with Gasteiger partial charge in [0.1, 0.15) is 17.2 Å². The number of alkyl halides is 5. The average Bonchev–Trinajstić information content (AvgIpc) is 3.34. The van der Waals surface area contributed by atoms with Crippen LogP contribution in [-0.2, 0) is 13.2 Å². The van der Waals surface area contributed by atoms with E-state index < -0.39 is 29.9 Å². The topological polar surface area (TPSA) is 76.2 Å². The molecule has 1 saturated carbocycles. The fraction of sp³-hybridized carbons (Fsp3) is 0.450. The van der Waals surface area contributed by atoms with Crippen LogP contribution in [0.4, 0.5) is 27.8 Å². The smallest absolute Gasteiger partial charge is 0.368 e. The van der Waals surface area contributed by atoms with Gasteiger partial charge in [-0.25, -0.2) is 13.8 Å². The van der Waals surface area contributed by atoms with Crippen molar-refractivity contribution in [2.24, 2.45) is 7.05 Å². The van der Waals surface area contributed by atoms with Crippen molar-refractivity contribution in [3.05, 3.63) is 47.5 Å². The van der Waals surface area contributed by atoms with Crippen LogP contribution < -0.4 is 10.6 Å². The van der Waals surface area contributed by atoms with Gasteiger partial charge >= 0.3 is 6.18 Å². The molecule has 3 heterocycles. The molecule has 0 unspecified atom stereocenters. The molecule has 1 amide bonds. The number of nitrogens with zero attached hydrogens (tertiary/aromatic N) is 4. The van der Waals surface area contributed by atoms with Gasteiger partial charge in [-0.3, -0.25) is 13.9 Å². The molecule has 0 spiro atoms. The Morgan fingerprint density at radius 2 is 1.84 bits per heavy atom. The molecule has 3 aromatic heterocycles. The number of nitrogens with one attached hydrogen (secondary N) is 2. The molecule has 0 aliphatic heterocycles.